The van der Waals surface area contributed by atoms with Crippen molar-refractivity contribution in [3.63, 3.8) is 0 Å². The van der Waals surface area contributed by atoms with Crippen LogP contribution in [0.2, 0.25) is 5.02 Å². The van der Waals surface area contributed by atoms with Crippen LogP contribution < -0.4 is 10.6 Å². The number of amides is 1. The first-order valence-corrected chi connectivity index (χ1v) is 8.10. The van der Waals surface area contributed by atoms with Crippen LogP contribution in [0, 0.1) is 5.92 Å². The van der Waals surface area contributed by atoms with Gasteiger partial charge in [0.25, 0.3) is 0 Å². The van der Waals surface area contributed by atoms with Gasteiger partial charge in [-0.3, -0.25) is 9.69 Å². The zero-order valence-corrected chi connectivity index (χ0v) is 12.9. The maximum Gasteiger partial charge on any atom is 0.225 e. The Bertz CT molecular complexity index is 508. The fraction of sp³-hybridized carbons (Fsp3) is 0.562. The fourth-order valence-corrected chi connectivity index (χ4v) is 3.67. The Kier molecular flexibility index (Phi) is 4.78. The molecular weight excluding hydrogens is 286 g/mol. The second kappa shape index (κ2) is 6.77. The van der Waals surface area contributed by atoms with E-state index in [0.29, 0.717) is 17.5 Å². The van der Waals surface area contributed by atoms with E-state index in [1.165, 1.54) is 12.8 Å². The number of carbonyl (C=O) groups is 1. The van der Waals surface area contributed by atoms with E-state index in [1.807, 2.05) is 12.1 Å². The Hall–Kier alpha value is -1.10. The predicted molar refractivity (Wildman–Crippen MR) is 85.7 cm³/mol. The number of carbonyl (C=O) groups excluding carboxylic acids is 1. The minimum absolute atomic E-state index is 0.0605. The Morgan fingerprint density at radius 2 is 2.33 bits per heavy atom. The summed E-state index contributed by atoms with van der Waals surface area (Å²) in [5, 5.41) is 7.03. The molecule has 0 aromatic heterocycles. The van der Waals surface area contributed by atoms with Crippen molar-refractivity contribution in [3.8, 4) is 0 Å². The molecule has 1 amide bonds. The number of halogens is 1. The SMILES string of the molecule is O=C(CCN1CCCC2CNCC21)Nc1cccc(Cl)c1. The number of benzene rings is 1. The van der Waals surface area contributed by atoms with Crippen LogP contribution in [0.25, 0.3) is 0 Å². The van der Waals surface area contributed by atoms with Crippen LogP contribution in [-0.2, 0) is 4.79 Å². The molecule has 114 valence electrons. The molecule has 2 saturated heterocycles. The summed E-state index contributed by atoms with van der Waals surface area (Å²) < 4.78 is 0. The van der Waals surface area contributed by atoms with Gasteiger partial charge < -0.3 is 10.6 Å². The average molecular weight is 308 g/mol. The number of hydrogen-bond acceptors (Lipinski definition) is 3. The molecule has 3 rings (SSSR count). The topological polar surface area (TPSA) is 44.4 Å². The third kappa shape index (κ3) is 3.76. The molecule has 0 bridgehead atoms. The third-order valence-corrected chi connectivity index (χ3v) is 4.76. The molecule has 0 radical (unpaired) electrons. The maximum atomic E-state index is 12.1. The second-order valence-electron chi connectivity index (χ2n) is 5.97. The van der Waals surface area contributed by atoms with E-state index in [2.05, 4.69) is 15.5 Å². The summed E-state index contributed by atoms with van der Waals surface area (Å²) in [6.07, 6.45) is 3.11. The summed E-state index contributed by atoms with van der Waals surface area (Å²) in [6, 6.07) is 7.91. The summed E-state index contributed by atoms with van der Waals surface area (Å²) in [6.45, 7) is 4.17. The van der Waals surface area contributed by atoms with Gasteiger partial charge in [0.15, 0.2) is 0 Å². The number of rotatable bonds is 4. The van der Waals surface area contributed by atoms with E-state index in [0.717, 1.165) is 37.8 Å². The summed E-state index contributed by atoms with van der Waals surface area (Å²) in [4.78, 5) is 14.5. The molecule has 0 saturated carbocycles. The van der Waals surface area contributed by atoms with Crippen molar-refractivity contribution in [2.45, 2.75) is 25.3 Å². The van der Waals surface area contributed by atoms with E-state index in [4.69, 9.17) is 11.6 Å². The van der Waals surface area contributed by atoms with Gasteiger partial charge in [0.1, 0.15) is 0 Å². The van der Waals surface area contributed by atoms with Crippen LogP contribution >= 0.6 is 11.6 Å². The molecule has 4 nitrogen and oxygen atoms in total. The summed E-state index contributed by atoms with van der Waals surface area (Å²) in [5.41, 5.74) is 0.770. The number of nitrogens with zero attached hydrogens (tertiary/aromatic N) is 1. The van der Waals surface area contributed by atoms with Crippen LogP contribution in [0.1, 0.15) is 19.3 Å². The van der Waals surface area contributed by atoms with Crippen LogP contribution in [0.5, 0.6) is 0 Å². The van der Waals surface area contributed by atoms with E-state index >= 15 is 0 Å². The van der Waals surface area contributed by atoms with Gasteiger partial charge in [-0.1, -0.05) is 17.7 Å². The Balaban J connectivity index is 1.49. The van der Waals surface area contributed by atoms with Crippen LogP contribution in [0.15, 0.2) is 24.3 Å². The van der Waals surface area contributed by atoms with Gasteiger partial charge in [0.2, 0.25) is 5.91 Å². The van der Waals surface area contributed by atoms with E-state index in [9.17, 15) is 4.79 Å². The van der Waals surface area contributed by atoms with Crippen molar-refractivity contribution >= 4 is 23.2 Å². The molecular formula is C16H22ClN3O. The number of anilines is 1. The highest BCUT2D eigenvalue weighted by Gasteiger charge is 2.34. The lowest BCUT2D eigenvalue weighted by Crippen LogP contribution is -2.46. The first-order chi connectivity index (χ1) is 10.2. The molecule has 1 aromatic rings. The van der Waals surface area contributed by atoms with Gasteiger partial charge in [-0.2, -0.15) is 0 Å². The summed E-state index contributed by atoms with van der Waals surface area (Å²) in [7, 11) is 0. The molecule has 0 spiro atoms. The average Bonchev–Trinajstić information content (AvgIpc) is 2.94. The largest absolute Gasteiger partial charge is 0.326 e. The van der Waals surface area contributed by atoms with Crippen LogP contribution in [-0.4, -0.2) is 43.0 Å². The zero-order chi connectivity index (χ0) is 14.7. The number of likely N-dealkylation sites (tertiary alicyclic amines) is 1. The first-order valence-electron chi connectivity index (χ1n) is 7.72. The summed E-state index contributed by atoms with van der Waals surface area (Å²) in [5.74, 6) is 0.833. The second-order valence-corrected chi connectivity index (χ2v) is 6.41. The van der Waals surface area contributed by atoms with Gasteiger partial charge in [0, 0.05) is 36.3 Å². The number of piperidine rings is 1. The molecule has 2 aliphatic rings. The quantitative estimate of drug-likeness (QED) is 0.897. The Labute approximate surface area is 130 Å². The monoisotopic (exact) mass is 307 g/mol. The lowest BCUT2D eigenvalue weighted by Gasteiger charge is -2.36. The highest BCUT2D eigenvalue weighted by Crippen LogP contribution is 2.26. The lowest BCUT2D eigenvalue weighted by molar-refractivity contribution is -0.116. The van der Waals surface area contributed by atoms with Crippen LogP contribution in [0.4, 0.5) is 5.69 Å². The normalized spacial score (nSPS) is 25.6. The Morgan fingerprint density at radius 3 is 3.19 bits per heavy atom. The van der Waals surface area contributed by atoms with Gasteiger partial charge in [-0.15, -0.1) is 0 Å². The van der Waals surface area contributed by atoms with Crippen molar-refractivity contribution in [3.05, 3.63) is 29.3 Å². The van der Waals surface area contributed by atoms with Crippen molar-refractivity contribution in [2.75, 3.05) is 31.5 Å². The van der Waals surface area contributed by atoms with Crippen molar-refractivity contribution in [1.82, 2.24) is 10.2 Å². The number of hydrogen-bond donors (Lipinski definition) is 2. The molecule has 0 aliphatic carbocycles. The van der Waals surface area contributed by atoms with Crippen molar-refractivity contribution < 1.29 is 4.79 Å². The minimum Gasteiger partial charge on any atom is -0.326 e. The molecule has 5 heteroatoms. The molecule has 2 N–H and O–H groups in total. The molecule has 1 aromatic carbocycles. The highest BCUT2D eigenvalue weighted by atomic mass is 35.5. The number of fused-ring (bicyclic) bond motifs is 1. The van der Waals surface area contributed by atoms with E-state index in [-0.39, 0.29) is 5.91 Å². The molecule has 2 aliphatic heterocycles. The predicted octanol–water partition coefficient (Wildman–Crippen LogP) is 2.35. The van der Waals surface area contributed by atoms with Crippen molar-refractivity contribution in [2.24, 2.45) is 5.92 Å². The van der Waals surface area contributed by atoms with Gasteiger partial charge in [-0.25, -0.2) is 0 Å². The minimum atomic E-state index is 0.0605. The van der Waals surface area contributed by atoms with Gasteiger partial charge >= 0.3 is 0 Å². The molecule has 2 fully saturated rings. The zero-order valence-electron chi connectivity index (χ0n) is 12.1. The lowest BCUT2D eigenvalue weighted by atomic mass is 9.92. The Morgan fingerprint density at radius 1 is 1.43 bits per heavy atom. The van der Waals surface area contributed by atoms with Crippen molar-refractivity contribution in [1.29, 1.82) is 0 Å². The highest BCUT2D eigenvalue weighted by molar-refractivity contribution is 6.30. The van der Waals surface area contributed by atoms with Crippen LogP contribution in [0.3, 0.4) is 0 Å². The summed E-state index contributed by atoms with van der Waals surface area (Å²) >= 11 is 5.92. The standard InChI is InChI=1S/C16H22ClN3O/c17-13-4-1-5-14(9-13)19-16(21)6-8-20-7-2-3-12-10-18-11-15(12)20/h1,4-5,9,12,15,18H,2-3,6-8,10-11H2,(H,19,21). The van der Waals surface area contributed by atoms with E-state index in [1.54, 1.807) is 12.1 Å². The molecule has 2 atom stereocenters. The molecule has 2 unspecified atom stereocenters. The third-order valence-electron chi connectivity index (χ3n) is 4.53. The van der Waals surface area contributed by atoms with E-state index < -0.39 is 0 Å². The first kappa shape index (κ1) is 14.8. The van der Waals surface area contributed by atoms with Gasteiger partial charge in [-0.05, 0) is 50.0 Å². The molecule has 21 heavy (non-hydrogen) atoms. The fourth-order valence-electron chi connectivity index (χ4n) is 3.48. The molecule has 2 heterocycles. The smallest absolute Gasteiger partial charge is 0.225 e. The maximum absolute atomic E-state index is 12.1. The van der Waals surface area contributed by atoms with Gasteiger partial charge in [0.05, 0.1) is 0 Å². The number of nitrogens with one attached hydrogen (secondary N) is 2.